The number of alkyl halides is 6. The van der Waals surface area contributed by atoms with E-state index in [1.54, 1.807) is 12.4 Å². The van der Waals surface area contributed by atoms with E-state index in [-0.39, 0.29) is 11.3 Å². The lowest BCUT2D eigenvalue weighted by molar-refractivity contribution is -0.193. The Balaban J connectivity index is 0.000000449. The van der Waals surface area contributed by atoms with Gasteiger partial charge in [0, 0.05) is 38.1 Å². The number of carbonyl (C=O) groups is 3. The Morgan fingerprint density at radius 1 is 1.08 bits per heavy atom. The van der Waals surface area contributed by atoms with Crippen LogP contribution in [0, 0.1) is 5.41 Å². The normalized spacial score (nSPS) is 19.1. The summed E-state index contributed by atoms with van der Waals surface area (Å²) < 4.78 is 69.7. The minimum absolute atomic E-state index is 0.108. The predicted molar refractivity (Wildman–Crippen MR) is 126 cm³/mol. The van der Waals surface area contributed by atoms with E-state index in [1.165, 1.54) is 6.42 Å². The SMILES string of the molecule is CC(C)N(C)CC1CCC2(CCN(C(=O)c3cccnc3)CC2)CO1.O=C(O)C(F)(F)F.O=C(O)C(F)(F)F. The second-order valence-electron chi connectivity index (χ2n) is 9.64. The van der Waals surface area contributed by atoms with Gasteiger partial charge in [0.25, 0.3) is 5.91 Å². The molecule has 9 nitrogen and oxygen atoms in total. The largest absolute Gasteiger partial charge is 0.490 e. The van der Waals surface area contributed by atoms with Crippen LogP contribution in [0.1, 0.15) is 49.9 Å². The summed E-state index contributed by atoms with van der Waals surface area (Å²) in [5, 5.41) is 14.2. The molecular weight excluding hydrogens is 540 g/mol. The molecule has 222 valence electrons. The molecule has 1 aromatic rings. The van der Waals surface area contributed by atoms with Crippen LogP contribution < -0.4 is 0 Å². The monoisotopic (exact) mass is 573 g/mol. The third-order valence-electron chi connectivity index (χ3n) is 6.50. The highest BCUT2D eigenvalue weighted by Gasteiger charge is 2.40. The summed E-state index contributed by atoms with van der Waals surface area (Å²) in [5.74, 6) is -5.41. The molecule has 1 amide bonds. The number of hydrogen-bond acceptors (Lipinski definition) is 6. The van der Waals surface area contributed by atoms with E-state index in [0.29, 0.717) is 17.7 Å². The lowest BCUT2D eigenvalue weighted by Gasteiger charge is -2.46. The van der Waals surface area contributed by atoms with Crippen molar-refractivity contribution in [3.8, 4) is 0 Å². The van der Waals surface area contributed by atoms with Gasteiger partial charge >= 0.3 is 24.3 Å². The van der Waals surface area contributed by atoms with Crippen LogP contribution in [0.5, 0.6) is 0 Å². The van der Waals surface area contributed by atoms with Crippen LogP contribution in [-0.2, 0) is 14.3 Å². The molecular formula is C24H33F6N3O6. The fraction of sp³-hybridized carbons (Fsp3) is 0.667. The molecule has 0 bridgehead atoms. The maximum absolute atomic E-state index is 12.6. The van der Waals surface area contributed by atoms with Gasteiger partial charge in [0.05, 0.1) is 18.3 Å². The number of hydrogen-bond donors (Lipinski definition) is 2. The third-order valence-corrected chi connectivity index (χ3v) is 6.50. The van der Waals surface area contributed by atoms with Gasteiger partial charge in [-0.25, -0.2) is 9.59 Å². The molecule has 1 aromatic heterocycles. The Morgan fingerprint density at radius 3 is 1.95 bits per heavy atom. The van der Waals surface area contributed by atoms with Gasteiger partial charge in [-0.15, -0.1) is 0 Å². The van der Waals surface area contributed by atoms with Crippen molar-refractivity contribution in [1.29, 1.82) is 0 Å². The predicted octanol–water partition coefficient (Wildman–Crippen LogP) is 4.09. The topological polar surface area (TPSA) is 120 Å². The molecule has 0 aromatic carbocycles. The maximum Gasteiger partial charge on any atom is 0.490 e. The summed E-state index contributed by atoms with van der Waals surface area (Å²) in [6.45, 7) is 7.96. The second kappa shape index (κ2) is 14.4. The van der Waals surface area contributed by atoms with Gasteiger partial charge in [0.2, 0.25) is 0 Å². The van der Waals surface area contributed by atoms with Crippen LogP contribution in [-0.4, -0.2) is 101 Å². The molecule has 2 fully saturated rings. The van der Waals surface area contributed by atoms with Gasteiger partial charge in [-0.05, 0) is 64.1 Å². The molecule has 3 heterocycles. The average Bonchev–Trinajstić information content (AvgIpc) is 2.85. The number of likely N-dealkylation sites (tertiary alicyclic amines) is 1. The van der Waals surface area contributed by atoms with E-state index >= 15 is 0 Å². The fourth-order valence-electron chi connectivity index (χ4n) is 3.84. The molecule has 39 heavy (non-hydrogen) atoms. The van der Waals surface area contributed by atoms with Crippen LogP contribution in [0.2, 0.25) is 0 Å². The smallest absolute Gasteiger partial charge is 0.475 e. The van der Waals surface area contributed by atoms with Gasteiger partial charge < -0.3 is 24.7 Å². The Bertz CT molecular complexity index is 901. The number of carboxylic acid groups (broad SMARTS) is 2. The number of rotatable bonds is 4. The zero-order valence-corrected chi connectivity index (χ0v) is 21.8. The van der Waals surface area contributed by atoms with Crippen molar-refractivity contribution in [1.82, 2.24) is 14.8 Å². The zero-order chi connectivity index (χ0) is 30.0. The summed E-state index contributed by atoms with van der Waals surface area (Å²) in [4.78, 5) is 38.7. The van der Waals surface area contributed by atoms with Crippen molar-refractivity contribution in [3.05, 3.63) is 30.1 Å². The number of piperidine rings is 1. The number of aliphatic carboxylic acids is 2. The van der Waals surface area contributed by atoms with Gasteiger partial charge in [-0.1, -0.05) is 0 Å². The number of carboxylic acids is 2. The van der Waals surface area contributed by atoms with E-state index in [2.05, 4.69) is 30.8 Å². The highest BCUT2D eigenvalue weighted by Crippen LogP contribution is 2.40. The van der Waals surface area contributed by atoms with Crippen molar-refractivity contribution in [2.45, 2.75) is 64.0 Å². The van der Waals surface area contributed by atoms with Crippen molar-refractivity contribution in [2.24, 2.45) is 5.41 Å². The van der Waals surface area contributed by atoms with E-state index in [1.807, 2.05) is 17.0 Å². The first kappa shape index (κ1) is 34.1. The number of likely N-dealkylation sites (N-methyl/N-ethyl adjacent to an activating group) is 1. The average molecular weight is 574 g/mol. The number of amides is 1. The first-order chi connectivity index (χ1) is 17.9. The Hall–Kier alpha value is -2.94. The van der Waals surface area contributed by atoms with Gasteiger partial charge in [0.15, 0.2) is 0 Å². The minimum Gasteiger partial charge on any atom is -0.475 e. The third kappa shape index (κ3) is 11.8. The Kier molecular flexibility index (Phi) is 12.6. The van der Waals surface area contributed by atoms with Crippen LogP contribution in [0.3, 0.4) is 0 Å². The number of nitrogens with zero attached hydrogens (tertiary/aromatic N) is 3. The molecule has 15 heteroatoms. The summed E-state index contributed by atoms with van der Waals surface area (Å²) >= 11 is 0. The molecule has 1 atom stereocenters. The summed E-state index contributed by atoms with van der Waals surface area (Å²) in [5.41, 5.74) is 0.966. The van der Waals surface area contributed by atoms with Gasteiger partial charge in [0.1, 0.15) is 0 Å². The van der Waals surface area contributed by atoms with Gasteiger partial charge in [-0.3, -0.25) is 9.78 Å². The quantitative estimate of drug-likeness (QED) is 0.517. The Labute approximate surface area is 221 Å². The van der Waals surface area contributed by atoms with E-state index < -0.39 is 24.3 Å². The lowest BCUT2D eigenvalue weighted by atomic mass is 9.73. The van der Waals surface area contributed by atoms with E-state index in [0.717, 1.165) is 45.5 Å². The number of ether oxygens (including phenoxy) is 1. The lowest BCUT2D eigenvalue weighted by Crippen LogP contribution is -2.49. The molecule has 0 saturated carbocycles. The van der Waals surface area contributed by atoms with Crippen LogP contribution >= 0.6 is 0 Å². The van der Waals surface area contributed by atoms with Crippen LogP contribution in [0.25, 0.3) is 0 Å². The first-order valence-corrected chi connectivity index (χ1v) is 12.0. The molecule has 2 aliphatic heterocycles. The minimum atomic E-state index is -5.08. The number of carbonyl (C=O) groups excluding carboxylic acids is 1. The molecule has 2 aliphatic rings. The first-order valence-electron chi connectivity index (χ1n) is 12.0. The molecule has 2 saturated heterocycles. The molecule has 1 spiro atoms. The van der Waals surface area contributed by atoms with Crippen molar-refractivity contribution in [2.75, 3.05) is 33.3 Å². The fourth-order valence-corrected chi connectivity index (χ4v) is 3.84. The van der Waals surface area contributed by atoms with E-state index in [4.69, 9.17) is 24.5 Å². The number of pyridine rings is 1. The second-order valence-corrected chi connectivity index (χ2v) is 9.64. The highest BCUT2D eigenvalue weighted by atomic mass is 19.4. The van der Waals surface area contributed by atoms with Crippen molar-refractivity contribution < 1.29 is 55.7 Å². The molecule has 0 aliphatic carbocycles. The highest BCUT2D eigenvalue weighted by molar-refractivity contribution is 5.93. The molecule has 2 N–H and O–H groups in total. The van der Waals surface area contributed by atoms with Crippen LogP contribution in [0.4, 0.5) is 26.3 Å². The zero-order valence-electron chi connectivity index (χ0n) is 21.8. The summed E-state index contributed by atoms with van der Waals surface area (Å²) in [7, 11) is 2.17. The van der Waals surface area contributed by atoms with Crippen LogP contribution in [0.15, 0.2) is 24.5 Å². The number of halogens is 6. The van der Waals surface area contributed by atoms with Crippen molar-refractivity contribution in [3.63, 3.8) is 0 Å². The summed E-state index contributed by atoms with van der Waals surface area (Å²) in [6.07, 6.45) is -2.00. The molecule has 1 unspecified atom stereocenters. The molecule has 0 radical (unpaired) electrons. The standard InChI is InChI=1S/C20H31N3O2.2C2HF3O2/c1-16(2)22(3)14-18-6-7-20(15-25-18)8-11-23(12-9-20)19(24)17-5-4-10-21-13-17;2*3-2(4,5)1(6)7/h4-5,10,13,16,18H,6-9,11-12,14-15H2,1-3H3;2*(H,6,7). The Morgan fingerprint density at radius 2 is 1.59 bits per heavy atom. The maximum atomic E-state index is 12.6. The van der Waals surface area contributed by atoms with Gasteiger partial charge in [-0.2, -0.15) is 26.3 Å². The molecule has 3 rings (SSSR count). The number of aromatic nitrogens is 1. The summed E-state index contributed by atoms with van der Waals surface area (Å²) in [6, 6.07) is 4.22. The van der Waals surface area contributed by atoms with E-state index in [9.17, 15) is 31.1 Å². The van der Waals surface area contributed by atoms with Crippen molar-refractivity contribution >= 4 is 17.8 Å².